The minimum absolute atomic E-state index is 0.155. The highest BCUT2D eigenvalue weighted by atomic mass is 32.1. The number of aryl methyl sites for hydroxylation is 1. The van der Waals surface area contributed by atoms with Gasteiger partial charge in [0.25, 0.3) is 0 Å². The molecule has 20 heavy (non-hydrogen) atoms. The third kappa shape index (κ3) is 3.60. The average molecular weight is 296 g/mol. The van der Waals surface area contributed by atoms with Gasteiger partial charge in [0.05, 0.1) is 11.7 Å². The summed E-state index contributed by atoms with van der Waals surface area (Å²) in [4.78, 5) is 6.43. The van der Waals surface area contributed by atoms with Gasteiger partial charge >= 0.3 is 0 Å². The molecular formula is C16H28N2OS. The predicted molar refractivity (Wildman–Crippen MR) is 85.3 cm³/mol. The molecule has 1 aromatic rings. The van der Waals surface area contributed by atoms with Crippen LogP contribution in [-0.2, 0) is 11.2 Å². The summed E-state index contributed by atoms with van der Waals surface area (Å²) in [6.07, 6.45) is 5.01. The van der Waals surface area contributed by atoms with Crippen molar-refractivity contribution in [1.82, 2.24) is 10.3 Å². The lowest BCUT2D eigenvalue weighted by Crippen LogP contribution is -2.25. The first-order valence-corrected chi connectivity index (χ1v) is 8.83. The summed E-state index contributed by atoms with van der Waals surface area (Å²) in [5.41, 5.74) is 1.30. The van der Waals surface area contributed by atoms with Gasteiger partial charge in [-0.1, -0.05) is 20.8 Å². The first-order chi connectivity index (χ1) is 9.67. The summed E-state index contributed by atoms with van der Waals surface area (Å²) >= 11 is 1.87. The van der Waals surface area contributed by atoms with Gasteiger partial charge in [-0.2, -0.15) is 0 Å². The Bertz CT molecular complexity index is 417. The lowest BCUT2D eigenvalue weighted by atomic mass is 9.97. The Kier molecular flexibility index (Phi) is 6.00. The van der Waals surface area contributed by atoms with Crippen LogP contribution >= 0.6 is 11.3 Å². The van der Waals surface area contributed by atoms with E-state index in [9.17, 15) is 0 Å². The van der Waals surface area contributed by atoms with Crippen molar-refractivity contribution in [3.8, 4) is 0 Å². The summed E-state index contributed by atoms with van der Waals surface area (Å²) in [6, 6.07) is 0.457. The second-order valence-corrected chi connectivity index (χ2v) is 6.99. The molecule has 0 aliphatic heterocycles. The first-order valence-electron chi connectivity index (χ1n) is 8.01. The zero-order valence-electron chi connectivity index (χ0n) is 13.2. The summed E-state index contributed by atoms with van der Waals surface area (Å²) in [5.74, 6) is 0.476. The molecule has 0 saturated carbocycles. The quantitative estimate of drug-likeness (QED) is 0.816. The minimum Gasteiger partial charge on any atom is -0.371 e. The van der Waals surface area contributed by atoms with E-state index in [-0.39, 0.29) is 6.10 Å². The maximum Gasteiger partial charge on any atom is 0.122 e. The van der Waals surface area contributed by atoms with Crippen LogP contribution in [0.4, 0.5) is 0 Å². The largest absolute Gasteiger partial charge is 0.371 e. The van der Waals surface area contributed by atoms with Crippen molar-refractivity contribution in [3.05, 3.63) is 15.6 Å². The number of rotatable bonds is 7. The lowest BCUT2D eigenvalue weighted by Gasteiger charge is -2.22. The maximum absolute atomic E-state index is 5.91. The number of fused-ring (bicyclic) bond motifs is 1. The van der Waals surface area contributed by atoms with E-state index in [1.807, 2.05) is 11.3 Å². The Labute approximate surface area is 127 Å². The molecule has 1 aliphatic rings. The third-order valence-electron chi connectivity index (χ3n) is 3.81. The lowest BCUT2D eigenvalue weighted by molar-refractivity contribution is 0.0291. The number of hydrogen-bond donors (Lipinski definition) is 1. The summed E-state index contributed by atoms with van der Waals surface area (Å²) in [6.45, 7) is 10.5. The van der Waals surface area contributed by atoms with Gasteiger partial charge < -0.3 is 10.1 Å². The van der Waals surface area contributed by atoms with Crippen molar-refractivity contribution in [2.24, 2.45) is 5.92 Å². The van der Waals surface area contributed by atoms with E-state index in [0.29, 0.717) is 12.0 Å². The fraction of sp³-hybridized carbons (Fsp3) is 0.812. The molecule has 1 N–H and O–H groups in total. The standard InChI is InChI=1S/C16H28N2OS/c1-5-10-17-12-8-7-9-13-14(12)18-16(20-13)15(11(3)4)19-6-2/h11-12,15,17H,5-10H2,1-4H3. The highest BCUT2D eigenvalue weighted by Crippen LogP contribution is 2.37. The van der Waals surface area contributed by atoms with E-state index in [2.05, 4.69) is 33.0 Å². The Balaban J connectivity index is 2.19. The molecule has 3 nitrogen and oxygen atoms in total. The second kappa shape index (κ2) is 7.53. The van der Waals surface area contributed by atoms with Crippen LogP contribution in [0, 0.1) is 5.92 Å². The Morgan fingerprint density at radius 1 is 1.40 bits per heavy atom. The summed E-state index contributed by atoms with van der Waals surface area (Å²) in [5, 5.41) is 4.82. The van der Waals surface area contributed by atoms with Gasteiger partial charge in [-0.15, -0.1) is 11.3 Å². The van der Waals surface area contributed by atoms with Gasteiger partial charge in [-0.25, -0.2) is 4.98 Å². The number of ether oxygens (including phenoxy) is 1. The molecule has 0 radical (unpaired) electrons. The van der Waals surface area contributed by atoms with Crippen LogP contribution in [0.1, 0.15) is 74.7 Å². The fourth-order valence-electron chi connectivity index (χ4n) is 2.80. The van der Waals surface area contributed by atoms with Gasteiger partial charge in [0.1, 0.15) is 11.1 Å². The molecule has 0 fully saturated rings. The fourth-order valence-corrected chi connectivity index (χ4v) is 4.20. The number of nitrogens with one attached hydrogen (secondary N) is 1. The molecule has 1 aliphatic carbocycles. The number of thiazole rings is 1. The highest BCUT2D eigenvalue weighted by molar-refractivity contribution is 7.11. The van der Waals surface area contributed by atoms with Crippen LogP contribution in [0.15, 0.2) is 0 Å². The molecule has 0 spiro atoms. The monoisotopic (exact) mass is 296 g/mol. The number of nitrogens with zero attached hydrogens (tertiary/aromatic N) is 1. The molecule has 1 heterocycles. The van der Waals surface area contributed by atoms with Crippen molar-refractivity contribution >= 4 is 11.3 Å². The number of hydrogen-bond acceptors (Lipinski definition) is 4. The van der Waals surface area contributed by atoms with Crippen molar-refractivity contribution < 1.29 is 4.74 Å². The zero-order valence-corrected chi connectivity index (χ0v) is 14.1. The number of aromatic nitrogens is 1. The van der Waals surface area contributed by atoms with Crippen LogP contribution in [0.5, 0.6) is 0 Å². The van der Waals surface area contributed by atoms with E-state index in [0.717, 1.165) is 13.2 Å². The van der Waals surface area contributed by atoms with Crippen molar-refractivity contribution in [2.75, 3.05) is 13.2 Å². The van der Waals surface area contributed by atoms with Gasteiger partial charge in [0, 0.05) is 11.5 Å². The summed E-state index contributed by atoms with van der Waals surface area (Å²) in [7, 11) is 0. The Morgan fingerprint density at radius 2 is 2.20 bits per heavy atom. The zero-order chi connectivity index (χ0) is 14.5. The van der Waals surface area contributed by atoms with Crippen molar-refractivity contribution in [1.29, 1.82) is 0 Å². The minimum atomic E-state index is 0.155. The molecular weight excluding hydrogens is 268 g/mol. The average Bonchev–Trinajstić information content (AvgIpc) is 2.86. The van der Waals surface area contributed by atoms with E-state index < -0.39 is 0 Å². The van der Waals surface area contributed by atoms with E-state index >= 15 is 0 Å². The van der Waals surface area contributed by atoms with Crippen molar-refractivity contribution in [2.45, 2.75) is 65.5 Å². The van der Waals surface area contributed by atoms with Gasteiger partial charge in [0.2, 0.25) is 0 Å². The molecule has 114 valence electrons. The van der Waals surface area contributed by atoms with E-state index in [1.54, 1.807) is 0 Å². The molecule has 1 aromatic heterocycles. The molecule has 2 atom stereocenters. The molecule has 2 rings (SSSR count). The normalized spacial score (nSPS) is 20.1. The van der Waals surface area contributed by atoms with Gasteiger partial charge in [-0.05, 0) is 45.1 Å². The van der Waals surface area contributed by atoms with Crippen LogP contribution in [0.3, 0.4) is 0 Å². The molecule has 0 amide bonds. The molecule has 0 bridgehead atoms. The van der Waals surface area contributed by atoms with Crippen molar-refractivity contribution in [3.63, 3.8) is 0 Å². The predicted octanol–water partition coefficient (Wildman–Crippen LogP) is 4.25. The third-order valence-corrected chi connectivity index (χ3v) is 5.00. The van der Waals surface area contributed by atoms with Gasteiger partial charge in [0.15, 0.2) is 0 Å². The SMILES string of the molecule is CCCNC1CCCc2sc(C(OCC)C(C)C)nc21. The Morgan fingerprint density at radius 3 is 2.85 bits per heavy atom. The van der Waals surface area contributed by atoms with Crippen LogP contribution in [0.2, 0.25) is 0 Å². The molecule has 0 saturated heterocycles. The van der Waals surface area contributed by atoms with Crippen LogP contribution in [0.25, 0.3) is 0 Å². The van der Waals surface area contributed by atoms with Crippen LogP contribution in [-0.4, -0.2) is 18.1 Å². The molecule has 2 unspecified atom stereocenters. The molecule has 0 aromatic carbocycles. The topological polar surface area (TPSA) is 34.1 Å². The summed E-state index contributed by atoms with van der Waals surface area (Å²) < 4.78 is 5.91. The highest BCUT2D eigenvalue weighted by Gasteiger charge is 2.28. The van der Waals surface area contributed by atoms with E-state index in [1.165, 1.54) is 41.3 Å². The first kappa shape index (κ1) is 15.9. The molecule has 4 heteroatoms. The van der Waals surface area contributed by atoms with E-state index in [4.69, 9.17) is 9.72 Å². The van der Waals surface area contributed by atoms with Gasteiger partial charge in [-0.3, -0.25) is 0 Å². The van der Waals surface area contributed by atoms with Crippen LogP contribution < -0.4 is 5.32 Å². The second-order valence-electron chi connectivity index (χ2n) is 5.88. The Hall–Kier alpha value is -0.450. The maximum atomic E-state index is 5.91. The smallest absolute Gasteiger partial charge is 0.122 e.